The highest BCUT2D eigenvalue weighted by atomic mass is 127. The van der Waals surface area contributed by atoms with Gasteiger partial charge in [0.25, 0.3) is 0 Å². The molecule has 0 aliphatic carbocycles. The molecular weight excluding hydrogens is 482 g/mol. The maximum Gasteiger partial charge on any atom is 0.435 e. The highest BCUT2D eigenvalue weighted by Gasteiger charge is 2.36. The fourth-order valence-corrected chi connectivity index (χ4v) is 2.31. The third-order valence-electron chi connectivity index (χ3n) is 3.30. The second kappa shape index (κ2) is 10.0. The number of aliphatic imine (C=N–C) groups is 1. The summed E-state index contributed by atoms with van der Waals surface area (Å²) in [5.74, 6) is 0.425. The zero-order valence-corrected chi connectivity index (χ0v) is 17.4. The molecule has 2 N–H and O–H groups in total. The van der Waals surface area contributed by atoms with Crippen LogP contribution < -0.4 is 10.6 Å². The van der Waals surface area contributed by atoms with Crippen molar-refractivity contribution in [1.82, 2.24) is 20.4 Å². The molecular formula is C16H20ClF3IN5. The van der Waals surface area contributed by atoms with Gasteiger partial charge in [-0.1, -0.05) is 23.7 Å². The van der Waals surface area contributed by atoms with Crippen LogP contribution in [0.15, 0.2) is 35.5 Å². The van der Waals surface area contributed by atoms with E-state index in [9.17, 15) is 13.2 Å². The minimum atomic E-state index is -4.49. The van der Waals surface area contributed by atoms with E-state index in [4.69, 9.17) is 11.6 Å². The maximum absolute atomic E-state index is 13.0. The van der Waals surface area contributed by atoms with Crippen LogP contribution in [0.4, 0.5) is 13.2 Å². The lowest BCUT2D eigenvalue weighted by atomic mass is 10.2. The topological polar surface area (TPSA) is 54.2 Å². The van der Waals surface area contributed by atoms with E-state index in [0.717, 1.165) is 10.2 Å². The van der Waals surface area contributed by atoms with E-state index in [-0.39, 0.29) is 36.1 Å². The highest BCUT2D eigenvalue weighted by molar-refractivity contribution is 14.0. The quantitative estimate of drug-likeness (QED) is 0.370. The number of halogens is 5. The molecule has 0 radical (unpaired) electrons. The summed E-state index contributed by atoms with van der Waals surface area (Å²) < 4.78 is 40.1. The number of aryl methyl sites for hydroxylation is 1. The third kappa shape index (κ3) is 6.67. The van der Waals surface area contributed by atoms with E-state index >= 15 is 0 Å². The Morgan fingerprint density at radius 2 is 1.88 bits per heavy atom. The van der Waals surface area contributed by atoms with Gasteiger partial charge in [-0.25, -0.2) is 4.99 Å². The molecule has 26 heavy (non-hydrogen) atoms. The lowest BCUT2D eigenvalue weighted by molar-refractivity contribution is -0.142. The number of guanidine groups is 1. The molecule has 2 rings (SSSR count). The van der Waals surface area contributed by atoms with Gasteiger partial charge in [0, 0.05) is 36.9 Å². The molecule has 0 saturated heterocycles. The molecule has 1 heterocycles. The summed E-state index contributed by atoms with van der Waals surface area (Å²) >= 11 is 5.83. The summed E-state index contributed by atoms with van der Waals surface area (Å²) in [5.41, 5.74) is 0.113. The van der Waals surface area contributed by atoms with Crippen molar-refractivity contribution in [3.8, 4) is 0 Å². The van der Waals surface area contributed by atoms with Crippen LogP contribution in [0, 0.1) is 0 Å². The van der Waals surface area contributed by atoms with Crippen molar-refractivity contribution in [3.63, 3.8) is 0 Å². The van der Waals surface area contributed by atoms with Gasteiger partial charge in [0.2, 0.25) is 0 Å². The molecule has 0 amide bonds. The van der Waals surface area contributed by atoms with Crippen molar-refractivity contribution in [2.24, 2.45) is 12.0 Å². The van der Waals surface area contributed by atoms with Gasteiger partial charge < -0.3 is 10.6 Å². The Labute approximate surface area is 172 Å². The number of rotatable bonds is 5. The molecule has 0 atom stereocenters. The number of nitrogens with zero attached hydrogens (tertiary/aromatic N) is 3. The summed E-state index contributed by atoms with van der Waals surface area (Å²) in [5, 5.41) is 10.0. The van der Waals surface area contributed by atoms with Crippen molar-refractivity contribution < 1.29 is 13.2 Å². The van der Waals surface area contributed by atoms with Crippen LogP contribution in [0.5, 0.6) is 0 Å². The van der Waals surface area contributed by atoms with Crippen molar-refractivity contribution in [1.29, 1.82) is 0 Å². The Morgan fingerprint density at radius 1 is 1.23 bits per heavy atom. The highest BCUT2D eigenvalue weighted by Crippen LogP contribution is 2.30. The average molecular weight is 502 g/mol. The number of benzene rings is 1. The summed E-state index contributed by atoms with van der Waals surface area (Å²) in [6.07, 6.45) is -3.14. The standard InChI is InChI=1S/C16H19ClF3N5.HI/c1-3-21-15(22-8-11-4-6-13(17)7-5-11)23-9-12-10-25(2)24-14(12)16(18,19)20;/h4-7,10H,3,8-9H2,1-2H3,(H2,21,22,23);1H. The smallest absolute Gasteiger partial charge is 0.357 e. The van der Waals surface area contributed by atoms with Gasteiger partial charge in [-0.3, -0.25) is 4.68 Å². The number of aromatic nitrogens is 2. The van der Waals surface area contributed by atoms with Gasteiger partial charge in [0.05, 0.1) is 6.54 Å². The molecule has 0 fully saturated rings. The van der Waals surface area contributed by atoms with Crippen molar-refractivity contribution in [2.45, 2.75) is 26.2 Å². The van der Waals surface area contributed by atoms with Gasteiger partial charge in [-0.15, -0.1) is 24.0 Å². The van der Waals surface area contributed by atoms with Gasteiger partial charge in [-0.2, -0.15) is 18.3 Å². The summed E-state index contributed by atoms with van der Waals surface area (Å²) in [4.78, 5) is 4.37. The van der Waals surface area contributed by atoms with Gasteiger partial charge in [0.1, 0.15) is 0 Å². The van der Waals surface area contributed by atoms with Crippen LogP contribution in [0.25, 0.3) is 0 Å². The zero-order valence-electron chi connectivity index (χ0n) is 14.3. The first-order chi connectivity index (χ1) is 11.8. The Balaban J connectivity index is 0.00000338. The van der Waals surface area contributed by atoms with Crippen LogP contribution in [-0.4, -0.2) is 22.3 Å². The molecule has 0 spiro atoms. The zero-order chi connectivity index (χ0) is 18.4. The normalized spacial score (nSPS) is 11.8. The number of hydrogen-bond donors (Lipinski definition) is 2. The summed E-state index contributed by atoms with van der Waals surface area (Å²) in [7, 11) is 1.46. The fraction of sp³-hybridized carbons (Fsp3) is 0.375. The van der Waals surface area contributed by atoms with E-state index in [1.54, 1.807) is 12.1 Å². The molecule has 5 nitrogen and oxygen atoms in total. The first kappa shape index (κ1) is 22.6. The molecule has 10 heteroatoms. The molecule has 2 aromatic rings. The molecule has 1 aromatic carbocycles. The van der Waals surface area contributed by atoms with Gasteiger partial charge >= 0.3 is 6.18 Å². The molecule has 0 aliphatic rings. The lowest BCUT2D eigenvalue weighted by Crippen LogP contribution is -2.37. The molecule has 0 bridgehead atoms. The van der Waals surface area contributed by atoms with Gasteiger partial charge in [0.15, 0.2) is 11.7 Å². The van der Waals surface area contributed by atoms with Gasteiger partial charge in [-0.05, 0) is 24.6 Å². The predicted molar refractivity (Wildman–Crippen MR) is 107 cm³/mol. The number of alkyl halides is 3. The largest absolute Gasteiger partial charge is 0.435 e. The molecule has 0 unspecified atom stereocenters. The van der Waals surface area contributed by atoms with E-state index < -0.39 is 11.9 Å². The average Bonchev–Trinajstić information content (AvgIpc) is 2.93. The monoisotopic (exact) mass is 501 g/mol. The fourth-order valence-electron chi connectivity index (χ4n) is 2.19. The molecule has 144 valence electrons. The van der Waals surface area contributed by atoms with E-state index in [1.807, 2.05) is 19.1 Å². The van der Waals surface area contributed by atoms with Crippen molar-refractivity contribution in [3.05, 3.63) is 52.3 Å². The third-order valence-corrected chi connectivity index (χ3v) is 3.55. The second-order valence-electron chi connectivity index (χ2n) is 5.35. The second-order valence-corrected chi connectivity index (χ2v) is 5.79. The van der Waals surface area contributed by atoms with Crippen molar-refractivity contribution in [2.75, 3.05) is 6.54 Å². The molecule has 0 aliphatic heterocycles. The first-order valence-corrected chi connectivity index (χ1v) is 8.03. The maximum atomic E-state index is 13.0. The summed E-state index contributed by atoms with van der Waals surface area (Å²) in [6, 6.07) is 7.21. The van der Waals surface area contributed by atoms with Crippen LogP contribution in [-0.2, 0) is 26.3 Å². The Morgan fingerprint density at radius 3 is 2.46 bits per heavy atom. The van der Waals surface area contributed by atoms with E-state index in [2.05, 4.69) is 20.7 Å². The van der Waals surface area contributed by atoms with Crippen molar-refractivity contribution >= 4 is 41.5 Å². The first-order valence-electron chi connectivity index (χ1n) is 7.66. The Kier molecular flexibility index (Phi) is 8.68. The van der Waals surface area contributed by atoms with E-state index in [0.29, 0.717) is 24.1 Å². The molecule has 0 saturated carbocycles. The predicted octanol–water partition coefficient (Wildman–Crippen LogP) is 3.97. The minimum absolute atomic E-state index is 0. The SMILES string of the molecule is CCNC(=NCc1ccc(Cl)cc1)NCc1cn(C)nc1C(F)(F)F.I. The Hall–Kier alpha value is -1.49. The van der Waals surface area contributed by atoms with Crippen LogP contribution >= 0.6 is 35.6 Å². The Bertz CT molecular complexity index is 728. The van der Waals surface area contributed by atoms with Crippen LogP contribution in [0.3, 0.4) is 0 Å². The lowest BCUT2D eigenvalue weighted by Gasteiger charge is -2.12. The van der Waals surface area contributed by atoms with Crippen LogP contribution in [0.2, 0.25) is 5.02 Å². The minimum Gasteiger partial charge on any atom is -0.357 e. The molecule has 1 aromatic heterocycles. The number of nitrogens with one attached hydrogen (secondary N) is 2. The van der Waals surface area contributed by atoms with Crippen LogP contribution in [0.1, 0.15) is 23.7 Å². The number of hydrogen-bond acceptors (Lipinski definition) is 2. The summed E-state index contributed by atoms with van der Waals surface area (Å²) in [6.45, 7) is 2.82. The van der Waals surface area contributed by atoms with E-state index in [1.165, 1.54) is 13.2 Å².